The quantitative estimate of drug-likeness (QED) is 0.796. The number of benzene rings is 1. The minimum atomic E-state index is -4.60. The normalized spacial score (nSPS) is 25.1. The number of alkyl halides is 3. The zero-order valence-electron chi connectivity index (χ0n) is 10.7. The van der Waals surface area contributed by atoms with E-state index in [4.69, 9.17) is 4.74 Å². The van der Waals surface area contributed by atoms with Crippen LogP contribution in [-0.2, 0) is 0 Å². The van der Waals surface area contributed by atoms with Crippen molar-refractivity contribution in [2.24, 2.45) is 5.92 Å². The van der Waals surface area contributed by atoms with Crippen molar-refractivity contribution in [3.63, 3.8) is 0 Å². The van der Waals surface area contributed by atoms with E-state index >= 15 is 0 Å². The molecule has 1 atom stereocenters. The maximum atomic E-state index is 13.4. The van der Waals surface area contributed by atoms with Crippen LogP contribution >= 0.6 is 0 Å². The molecular formula is C14H14F3NO2. The van der Waals surface area contributed by atoms with Gasteiger partial charge in [0, 0.05) is 12.8 Å². The molecule has 6 heteroatoms. The molecule has 1 aromatic rings. The molecule has 1 aromatic carbocycles. The van der Waals surface area contributed by atoms with Crippen molar-refractivity contribution in [2.45, 2.75) is 24.6 Å². The molecule has 3 rings (SSSR count). The SMILES string of the molecule is O=C1c2ccccc2OC2(CCNCC2)C1C(F)(F)F. The van der Waals surface area contributed by atoms with Gasteiger partial charge in [-0.2, -0.15) is 13.2 Å². The average Bonchev–Trinajstić information content (AvgIpc) is 2.38. The maximum Gasteiger partial charge on any atom is 0.402 e. The summed E-state index contributed by atoms with van der Waals surface area (Å²) in [6.45, 7) is 0.837. The Kier molecular flexibility index (Phi) is 3.01. The number of nitrogens with one attached hydrogen (secondary N) is 1. The molecule has 1 spiro atoms. The lowest BCUT2D eigenvalue weighted by atomic mass is 9.73. The van der Waals surface area contributed by atoms with Crippen LogP contribution in [0.2, 0.25) is 0 Å². The lowest BCUT2D eigenvalue weighted by molar-refractivity contribution is -0.210. The van der Waals surface area contributed by atoms with E-state index < -0.39 is 23.5 Å². The number of carbonyl (C=O) groups is 1. The van der Waals surface area contributed by atoms with Gasteiger partial charge in [-0.05, 0) is 25.2 Å². The average molecular weight is 285 g/mol. The molecule has 1 unspecified atom stereocenters. The third kappa shape index (κ3) is 1.98. The highest BCUT2D eigenvalue weighted by molar-refractivity contribution is 6.02. The second-order valence-corrected chi connectivity index (χ2v) is 5.25. The number of hydrogen-bond donors (Lipinski definition) is 1. The van der Waals surface area contributed by atoms with Gasteiger partial charge in [-0.3, -0.25) is 4.79 Å². The van der Waals surface area contributed by atoms with Crippen molar-refractivity contribution in [2.75, 3.05) is 13.1 Å². The zero-order chi connectivity index (χ0) is 14.4. The molecule has 2 aliphatic rings. The fourth-order valence-electron chi connectivity index (χ4n) is 3.12. The number of piperidine rings is 1. The number of ketones is 1. The standard InChI is InChI=1S/C14H14F3NO2/c15-14(16,17)12-11(19)9-3-1-2-4-10(9)20-13(12)5-7-18-8-6-13/h1-4,12,18H,5-8H2. The van der Waals surface area contributed by atoms with Crippen LogP contribution in [0.5, 0.6) is 5.75 Å². The van der Waals surface area contributed by atoms with Gasteiger partial charge >= 0.3 is 6.18 Å². The van der Waals surface area contributed by atoms with E-state index in [1.54, 1.807) is 18.2 Å². The molecule has 2 aliphatic heterocycles. The van der Waals surface area contributed by atoms with Crippen LogP contribution in [0.1, 0.15) is 23.2 Å². The van der Waals surface area contributed by atoms with Gasteiger partial charge in [-0.25, -0.2) is 0 Å². The molecule has 108 valence electrons. The number of halogens is 3. The highest BCUT2D eigenvalue weighted by atomic mass is 19.4. The molecule has 0 aliphatic carbocycles. The van der Waals surface area contributed by atoms with E-state index in [2.05, 4.69) is 5.32 Å². The highest BCUT2D eigenvalue weighted by Gasteiger charge is 2.61. The second kappa shape index (κ2) is 4.48. The monoisotopic (exact) mass is 285 g/mol. The van der Waals surface area contributed by atoms with Gasteiger partial charge in [0.05, 0.1) is 5.56 Å². The predicted octanol–water partition coefficient (Wildman–Crippen LogP) is 2.56. The molecule has 0 saturated carbocycles. The number of carbonyl (C=O) groups excluding carboxylic acids is 1. The molecule has 20 heavy (non-hydrogen) atoms. The Bertz CT molecular complexity index is 535. The number of rotatable bonds is 0. The van der Waals surface area contributed by atoms with Gasteiger partial charge in [-0.1, -0.05) is 12.1 Å². The highest BCUT2D eigenvalue weighted by Crippen LogP contribution is 2.48. The summed E-state index contributed by atoms with van der Waals surface area (Å²) >= 11 is 0. The van der Waals surface area contributed by atoms with Crippen LogP contribution in [0.3, 0.4) is 0 Å². The van der Waals surface area contributed by atoms with Crippen LogP contribution in [0.15, 0.2) is 24.3 Å². The molecule has 0 radical (unpaired) electrons. The first-order chi connectivity index (χ1) is 9.44. The molecule has 1 N–H and O–H groups in total. The minimum Gasteiger partial charge on any atom is -0.485 e. The van der Waals surface area contributed by atoms with E-state index in [-0.39, 0.29) is 24.2 Å². The van der Waals surface area contributed by atoms with Gasteiger partial charge in [0.2, 0.25) is 0 Å². The van der Waals surface area contributed by atoms with Gasteiger partial charge in [-0.15, -0.1) is 0 Å². The molecule has 2 heterocycles. The summed E-state index contributed by atoms with van der Waals surface area (Å²) in [5, 5.41) is 3.01. The Morgan fingerprint density at radius 2 is 1.85 bits per heavy atom. The number of hydrogen-bond acceptors (Lipinski definition) is 3. The van der Waals surface area contributed by atoms with Crippen molar-refractivity contribution in [1.82, 2.24) is 5.32 Å². The topological polar surface area (TPSA) is 38.3 Å². The van der Waals surface area contributed by atoms with Crippen LogP contribution < -0.4 is 10.1 Å². The van der Waals surface area contributed by atoms with Crippen LogP contribution in [-0.4, -0.2) is 30.7 Å². The van der Waals surface area contributed by atoms with Crippen LogP contribution in [0, 0.1) is 5.92 Å². The van der Waals surface area contributed by atoms with Gasteiger partial charge in [0.1, 0.15) is 11.4 Å². The summed E-state index contributed by atoms with van der Waals surface area (Å²) in [6, 6.07) is 6.16. The lowest BCUT2D eigenvalue weighted by Gasteiger charge is -2.46. The summed E-state index contributed by atoms with van der Waals surface area (Å²) in [5.74, 6) is -2.69. The fraction of sp³-hybridized carbons (Fsp3) is 0.500. The largest absolute Gasteiger partial charge is 0.485 e. The van der Waals surface area contributed by atoms with Crippen molar-refractivity contribution >= 4 is 5.78 Å². The number of fused-ring (bicyclic) bond motifs is 1. The van der Waals surface area contributed by atoms with E-state index in [1.165, 1.54) is 6.07 Å². The molecule has 3 nitrogen and oxygen atoms in total. The first-order valence-corrected chi connectivity index (χ1v) is 6.54. The second-order valence-electron chi connectivity index (χ2n) is 5.25. The Morgan fingerprint density at radius 1 is 1.20 bits per heavy atom. The molecule has 1 fully saturated rings. The van der Waals surface area contributed by atoms with E-state index in [9.17, 15) is 18.0 Å². The maximum absolute atomic E-state index is 13.4. The van der Waals surface area contributed by atoms with Gasteiger partial charge in [0.15, 0.2) is 11.7 Å². The zero-order valence-corrected chi connectivity index (χ0v) is 10.7. The number of ether oxygens (including phenoxy) is 1. The summed E-state index contributed by atoms with van der Waals surface area (Å²) < 4.78 is 45.9. The lowest BCUT2D eigenvalue weighted by Crippen LogP contribution is -2.60. The Balaban J connectivity index is 2.11. The smallest absolute Gasteiger partial charge is 0.402 e. The van der Waals surface area contributed by atoms with E-state index in [1.807, 2.05) is 0 Å². The van der Waals surface area contributed by atoms with Crippen molar-refractivity contribution in [3.8, 4) is 5.75 Å². The summed E-state index contributed by atoms with van der Waals surface area (Å²) in [4.78, 5) is 12.3. The van der Waals surface area contributed by atoms with Crippen molar-refractivity contribution < 1.29 is 22.7 Å². The molecule has 0 bridgehead atoms. The molecule has 0 amide bonds. The first kappa shape index (κ1) is 13.4. The molecular weight excluding hydrogens is 271 g/mol. The van der Waals surface area contributed by atoms with Crippen LogP contribution in [0.4, 0.5) is 13.2 Å². The van der Waals surface area contributed by atoms with Crippen molar-refractivity contribution in [1.29, 1.82) is 0 Å². The van der Waals surface area contributed by atoms with E-state index in [0.29, 0.717) is 13.1 Å². The summed E-state index contributed by atoms with van der Waals surface area (Å²) in [5.41, 5.74) is -1.44. The first-order valence-electron chi connectivity index (χ1n) is 6.54. The number of Topliss-reactive ketones (excluding diaryl/α,β-unsaturated/α-hetero) is 1. The minimum absolute atomic E-state index is 0.0268. The Hall–Kier alpha value is -1.56. The number of para-hydroxylation sites is 1. The summed E-state index contributed by atoms with van der Waals surface area (Å²) in [7, 11) is 0. The predicted molar refractivity (Wildman–Crippen MR) is 65.8 cm³/mol. The van der Waals surface area contributed by atoms with Gasteiger partial charge in [0.25, 0.3) is 0 Å². The molecule has 0 aromatic heterocycles. The summed E-state index contributed by atoms with van der Waals surface area (Å²) in [6.07, 6.45) is -4.24. The Morgan fingerprint density at radius 3 is 2.50 bits per heavy atom. The van der Waals surface area contributed by atoms with Crippen LogP contribution in [0.25, 0.3) is 0 Å². The van der Waals surface area contributed by atoms with Gasteiger partial charge < -0.3 is 10.1 Å². The third-order valence-electron chi connectivity index (χ3n) is 4.03. The third-order valence-corrected chi connectivity index (χ3v) is 4.03. The molecule has 1 saturated heterocycles. The van der Waals surface area contributed by atoms with Crippen molar-refractivity contribution in [3.05, 3.63) is 29.8 Å². The van der Waals surface area contributed by atoms with E-state index in [0.717, 1.165) is 0 Å². The Labute approximate surface area is 114 Å². The fourth-order valence-corrected chi connectivity index (χ4v) is 3.12.